The van der Waals surface area contributed by atoms with E-state index in [1.165, 1.54) is 12.1 Å². The molecule has 2 atom stereocenters. The van der Waals surface area contributed by atoms with E-state index in [-0.39, 0.29) is 11.1 Å². The first-order valence-electron chi connectivity index (χ1n) is 5.30. The fraction of sp³-hybridized carbons (Fsp3) is 0.417. The van der Waals surface area contributed by atoms with Crippen LogP contribution in [0.3, 0.4) is 0 Å². The largest absolute Gasteiger partial charge is 0.390 e. The minimum absolute atomic E-state index is 0.00704. The van der Waals surface area contributed by atoms with Crippen LogP contribution in [0.25, 0.3) is 0 Å². The van der Waals surface area contributed by atoms with Crippen molar-refractivity contribution >= 4 is 0 Å². The lowest BCUT2D eigenvalue weighted by atomic mass is 10.0. The number of halogens is 1. The molecule has 0 amide bonds. The van der Waals surface area contributed by atoms with E-state index in [0.717, 1.165) is 6.07 Å². The molecule has 0 aromatic heterocycles. The van der Waals surface area contributed by atoms with Crippen molar-refractivity contribution in [2.45, 2.75) is 18.6 Å². The summed E-state index contributed by atoms with van der Waals surface area (Å²) in [6, 6.07) is 5.58. The second kappa shape index (κ2) is 6.30. The Morgan fingerprint density at radius 3 is 2.71 bits per heavy atom. The predicted octanol–water partition coefficient (Wildman–Crippen LogP) is 0.701. The van der Waals surface area contributed by atoms with E-state index >= 15 is 0 Å². The number of hydrogen-bond donors (Lipinski definition) is 3. The summed E-state index contributed by atoms with van der Waals surface area (Å²) in [5.74, 6) is -0.681. The standard InChI is InChI=1S/C12H15FN2O2/c1-15-5-4-11(16)12(17)9-3-2-8(7-14)6-10(9)13/h2-3,6,11-12,15-17H,4-5H2,1H3. The molecule has 0 saturated carbocycles. The Morgan fingerprint density at radius 1 is 1.47 bits per heavy atom. The zero-order chi connectivity index (χ0) is 12.8. The Hall–Kier alpha value is -1.48. The van der Waals surface area contributed by atoms with Crippen LogP contribution in [0.15, 0.2) is 18.2 Å². The van der Waals surface area contributed by atoms with Gasteiger partial charge in [0.15, 0.2) is 0 Å². The van der Waals surface area contributed by atoms with Crippen LogP contribution in [-0.4, -0.2) is 29.9 Å². The van der Waals surface area contributed by atoms with Crippen LogP contribution in [-0.2, 0) is 0 Å². The molecule has 0 saturated heterocycles. The molecular formula is C12H15FN2O2. The van der Waals surface area contributed by atoms with E-state index in [0.29, 0.717) is 13.0 Å². The molecule has 0 aliphatic heterocycles. The number of nitrogens with zero attached hydrogens (tertiary/aromatic N) is 1. The van der Waals surface area contributed by atoms with Crippen molar-refractivity contribution in [2.24, 2.45) is 0 Å². The van der Waals surface area contributed by atoms with Gasteiger partial charge in [-0.1, -0.05) is 6.07 Å². The fourth-order valence-corrected chi connectivity index (χ4v) is 1.49. The van der Waals surface area contributed by atoms with Gasteiger partial charge in [-0.3, -0.25) is 0 Å². The molecule has 3 N–H and O–H groups in total. The number of benzene rings is 1. The Morgan fingerprint density at radius 2 is 2.18 bits per heavy atom. The van der Waals surface area contributed by atoms with Crippen molar-refractivity contribution in [3.8, 4) is 6.07 Å². The van der Waals surface area contributed by atoms with Crippen molar-refractivity contribution in [2.75, 3.05) is 13.6 Å². The lowest BCUT2D eigenvalue weighted by molar-refractivity contribution is 0.0120. The van der Waals surface area contributed by atoms with E-state index in [9.17, 15) is 14.6 Å². The number of aliphatic hydroxyl groups excluding tert-OH is 2. The second-order valence-electron chi connectivity index (χ2n) is 3.75. The number of nitriles is 1. The third kappa shape index (κ3) is 3.49. The molecule has 1 aromatic rings. The van der Waals surface area contributed by atoms with E-state index in [1.54, 1.807) is 13.1 Å². The van der Waals surface area contributed by atoms with Crippen molar-refractivity contribution in [3.63, 3.8) is 0 Å². The van der Waals surface area contributed by atoms with Crippen LogP contribution < -0.4 is 5.32 Å². The molecule has 0 fully saturated rings. The molecule has 0 aliphatic carbocycles. The van der Waals surface area contributed by atoms with Crippen LogP contribution >= 0.6 is 0 Å². The molecule has 0 spiro atoms. The molecule has 4 nitrogen and oxygen atoms in total. The Labute approximate surface area is 99.3 Å². The first-order chi connectivity index (χ1) is 8.10. The van der Waals surface area contributed by atoms with E-state index in [2.05, 4.69) is 5.32 Å². The predicted molar refractivity (Wildman–Crippen MR) is 60.6 cm³/mol. The van der Waals surface area contributed by atoms with Gasteiger partial charge in [0.2, 0.25) is 0 Å². The van der Waals surface area contributed by atoms with Crippen LogP contribution in [0.2, 0.25) is 0 Å². The average Bonchev–Trinajstić information content (AvgIpc) is 2.34. The van der Waals surface area contributed by atoms with Gasteiger partial charge in [-0.2, -0.15) is 5.26 Å². The maximum Gasteiger partial charge on any atom is 0.130 e. The van der Waals surface area contributed by atoms with Gasteiger partial charge in [0.05, 0.1) is 17.7 Å². The molecule has 5 heteroatoms. The molecular weight excluding hydrogens is 223 g/mol. The highest BCUT2D eigenvalue weighted by Crippen LogP contribution is 2.22. The Kier molecular flexibility index (Phi) is 5.04. The summed E-state index contributed by atoms with van der Waals surface area (Å²) in [7, 11) is 1.72. The molecule has 0 bridgehead atoms. The van der Waals surface area contributed by atoms with Crippen molar-refractivity contribution < 1.29 is 14.6 Å². The van der Waals surface area contributed by atoms with Gasteiger partial charge >= 0.3 is 0 Å². The van der Waals surface area contributed by atoms with E-state index in [1.807, 2.05) is 0 Å². The monoisotopic (exact) mass is 238 g/mol. The topological polar surface area (TPSA) is 76.3 Å². The number of nitrogens with one attached hydrogen (secondary N) is 1. The van der Waals surface area contributed by atoms with Gasteiger partial charge in [0, 0.05) is 5.56 Å². The first kappa shape index (κ1) is 13.6. The van der Waals surface area contributed by atoms with Gasteiger partial charge in [-0.25, -0.2) is 4.39 Å². The summed E-state index contributed by atoms with van der Waals surface area (Å²) in [6.07, 6.45) is -2.00. The summed E-state index contributed by atoms with van der Waals surface area (Å²) in [6.45, 7) is 0.524. The lowest BCUT2D eigenvalue weighted by Crippen LogP contribution is -2.24. The van der Waals surface area contributed by atoms with Gasteiger partial charge in [0.1, 0.15) is 11.9 Å². The van der Waals surface area contributed by atoms with Gasteiger partial charge in [-0.05, 0) is 32.1 Å². The molecule has 1 aromatic carbocycles. The highest BCUT2D eigenvalue weighted by Gasteiger charge is 2.21. The van der Waals surface area contributed by atoms with Crippen molar-refractivity contribution in [1.82, 2.24) is 5.32 Å². The molecule has 2 unspecified atom stereocenters. The molecule has 0 aliphatic rings. The number of rotatable bonds is 5. The fourth-order valence-electron chi connectivity index (χ4n) is 1.49. The lowest BCUT2D eigenvalue weighted by Gasteiger charge is -2.18. The van der Waals surface area contributed by atoms with Gasteiger partial charge < -0.3 is 15.5 Å². The third-order valence-electron chi connectivity index (χ3n) is 2.50. The highest BCUT2D eigenvalue weighted by molar-refractivity contribution is 5.34. The Balaban J connectivity index is 2.82. The zero-order valence-corrected chi connectivity index (χ0v) is 9.52. The van der Waals surface area contributed by atoms with E-state index in [4.69, 9.17) is 5.26 Å². The minimum atomic E-state index is -1.28. The third-order valence-corrected chi connectivity index (χ3v) is 2.50. The second-order valence-corrected chi connectivity index (χ2v) is 3.75. The molecule has 0 radical (unpaired) electrons. The van der Waals surface area contributed by atoms with Gasteiger partial charge in [-0.15, -0.1) is 0 Å². The highest BCUT2D eigenvalue weighted by atomic mass is 19.1. The van der Waals surface area contributed by atoms with Crippen molar-refractivity contribution in [1.29, 1.82) is 5.26 Å². The summed E-state index contributed by atoms with van der Waals surface area (Å²) in [5.41, 5.74) is 0.191. The normalized spacial score (nSPS) is 14.1. The minimum Gasteiger partial charge on any atom is -0.390 e. The quantitative estimate of drug-likeness (QED) is 0.705. The van der Waals surface area contributed by atoms with E-state index < -0.39 is 18.0 Å². The maximum absolute atomic E-state index is 13.5. The van der Waals surface area contributed by atoms with Crippen molar-refractivity contribution in [3.05, 3.63) is 35.1 Å². The molecule has 92 valence electrons. The Bertz CT molecular complexity index is 417. The molecule has 0 heterocycles. The molecule has 17 heavy (non-hydrogen) atoms. The summed E-state index contributed by atoms with van der Waals surface area (Å²) < 4.78 is 13.5. The number of aliphatic hydroxyl groups is 2. The first-order valence-corrected chi connectivity index (χ1v) is 5.30. The zero-order valence-electron chi connectivity index (χ0n) is 9.52. The molecule has 1 rings (SSSR count). The average molecular weight is 238 g/mol. The van der Waals surface area contributed by atoms with Crippen LogP contribution in [0.5, 0.6) is 0 Å². The summed E-state index contributed by atoms with van der Waals surface area (Å²) in [5, 5.41) is 30.8. The van der Waals surface area contributed by atoms with Crippen LogP contribution in [0.1, 0.15) is 23.7 Å². The smallest absolute Gasteiger partial charge is 0.130 e. The summed E-state index contributed by atoms with van der Waals surface area (Å²) in [4.78, 5) is 0. The van der Waals surface area contributed by atoms with Gasteiger partial charge in [0.25, 0.3) is 0 Å². The van der Waals surface area contributed by atoms with Crippen LogP contribution in [0.4, 0.5) is 4.39 Å². The number of hydrogen-bond acceptors (Lipinski definition) is 4. The van der Waals surface area contributed by atoms with Crippen LogP contribution in [0, 0.1) is 17.1 Å². The summed E-state index contributed by atoms with van der Waals surface area (Å²) >= 11 is 0. The SMILES string of the molecule is CNCCC(O)C(O)c1ccc(C#N)cc1F. The maximum atomic E-state index is 13.5.